The summed E-state index contributed by atoms with van der Waals surface area (Å²) in [6.07, 6.45) is 3.79. The summed E-state index contributed by atoms with van der Waals surface area (Å²) in [6, 6.07) is 12.4. The van der Waals surface area contributed by atoms with Crippen molar-refractivity contribution in [3.05, 3.63) is 53.9 Å². The van der Waals surface area contributed by atoms with Gasteiger partial charge in [-0.05, 0) is 49.6 Å². The van der Waals surface area contributed by atoms with Crippen LogP contribution in [0, 0.1) is 0 Å². The zero-order valence-corrected chi connectivity index (χ0v) is 16.0. The lowest BCUT2D eigenvalue weighted by molar-refractivity contribution is -0.137. The molecule has 1 fully saturated rings. The number of carbonyl (C=O) groups excluding carboxylic acids is 1. The second-order valence-electron chi connectivity index (χ2n) is 7.21. The minimum Gasteiger partial charge on any atom is -0.494 e. The Morgan fingerprint density at radius 3 is 2.70 bits per heavy atom. The fourth-order valence-corrected chi connectivity index (χ4v) is 4.26. The number of carbonyl (C=O) groups is 1. The lowest BCUT2D eigenvalue weighted by Crippen LogP contribution is -2.50. The normalized spacial score (nSPS) is 24.7. The first-order valence-electron chi connectivity index (χ1n) is 9.90. The highest BCUT2D eigenvalue weighted by Crippen LogP contribution is 2.31. The number of hydrogen-bond acceptors (Lipinski definition) is 4. The molecule has 0 saturated carbocycles. The van der Waals surface area contributed by atoms with E-state index < -0.39 is 0 Å². The molecule has 1 aromatic carbocycles. The summed E-state index contributed by atoms with van der Waals surface area (Å²) in [5.41, 5.74) is 8.93. The van der Waals surface area contributed by atoms with Crippen LogP contribution in [0.5, 0.6) is 5.75 Å². The number of aromatic nitrogens is 1. The third kappa shape index (κ3) is 3.47. The van der Waals surface area contributed by atoms with Crippen molar-refractivity contribution in [2.45, 2.75) is 51.4 Å². The summed E-state index contributed by atoms with van der Waals surface area (Å²) in [4.78, 5) is 15.3. The van der Waals surface area contributed by atoms with Crippen molar-refractivity contribution >= 4 is 5.91 Å². The maximum Gasteiger partial charge on any atom is 0.241 e. The minimum atomic E-state index is -0.197. The molecule has 2 aliphatic rings. The number of hydrazine groups is 1. The van der Waals surface area contributed by atoms with Gasteiger partial charge in [-0.2, -0.15) is 0 Å². The van der Waals surface area contributed by atoms with E-state index in [1.165, 1.54) is 11.3 Å². The largest absolute Gasteiger partial charge is 0.494 e. The van der Waals surface area contributed by atoms with Gasteiger partial charge in [0.2, 0.25) is 5.91 Å². The lowest BCUT2D eigenvalue weighted by atomic mass is 9.99. The molecule has 27 heavy (non-hydrogen) atoms. The van der Waals surface area contributed by atoms with Crippen molar-refractivity contribution in [2.75, 3.05) is 13.2 Å². The highest BCUT2D eigenvalue weighted by Gasteiger charge is 2.37. The van der Waals surface area contributed by atoms with Crippen molar-refractivity contribution in [2.24, 2.45) is 0 Å². The Hall–Kier alpha value is -2.31. The topological polar surface area (TPSA) is 58.5 Å². The predicted octanol–water partition coefficient (Wildman–Crippen LogP) is 2.79. The molecule has 6 heteroatoms. The van der Waals surface area contributed by atoms with Gasteiger partial charge in [0.1, 0.15) is 11.8 Å². The quantitative estimate of drug-likeness (QED) is 0.852. The van der Waals surface area contributed by atoms with Crippen molar-refractivity contribution in [1.29, 1.82) is 0 Å². The molecule has 0 bridgehead atoms. The van der Waals surface area contributed by atoms with Crippen LogP contribution in [0.15, 0.2) is 42.6 Å². The molecular weight excluding hydrogens is 340 g/mol. The molecule has 0 radical (unpaired) electrons. The van der Waals surface area contributed by atoms with Gasteiger partial charge in [0.15, 0.2) is 0 Å². The average molecular weight is 368 g/mol. The maximum atomic E-state index is 13.2. The van der Waals surface area contributed by atoms with Gasteiger partial charge >= 0.3 is 0 Å². The number of rotatable bonds is 5. The molecule has 0 spiro atoms. The molecule has 3 heterocycles. The Balaban J connectivity index is 1.43. The third-order valence-electron chi connectivity index (χ3n) is 5.63. The van der Waals surface area contributed by atoms with E-state index in [1.807, 2.05) is 19.1 Å². The molecule has 2 aliphatic heterocycles. The number of hydrogen-bond donors (Lipinski definition) is 2. The lowest BCUT2D eigenvalue weighted by Gasteiger charge is -2.37. The minimum absolute atomic E-state index is 0.128. The Labute approximate surface area is 160 Å². The average Bonchev–Trinajstić information content (AvgIpc) is 3.37. The fraction of sp³-hybridized carbons (Fsp3) is 0.476. The summed E-state index contributed by atoms with van der Waals surface area (Å²) < 4.78 is 7.77. The van der Waals surface area contributed by atoms with Crippen molar-refractivity contribution < 1.29 is 9.53 Å². The van der Waals surface area contributed by atoms with Gasteiger partial charge in [-0.3, -0.25) is 4.79 Å². The zero-order valence-electron chi connectivity index (χ0n) is 16.0. The van der Waals surface area contributed by atoms with Gasteiger partial charge in [0, 0.05) is 31.0 Å². The van der Waals surface area contributed by atoms with Crippen LogP contribution in [0.2, 0.25) is 0 Å². The second-order valence-corrected chi connectivity index (χ2v) is 7.21. The summed E-state index contributed by atoms with van der Waals surface area (Å²) >= 11 is 0. The SMILES string of the molecule is CCOc1ccc(C2CC(C(=O)N3CCn4cccc4C3CC)NN2)cc1. The third-order valence-corrected chi connectivity index (χ3v) is 5.63. The van der Waals surface area contributed by atoms with Gasteiger partial charge in [0.25, 0.3) is 0 Å². The molecule has 6 nitrogen and oxygen atoms in total. The Kier molecular flexibility index (Phi) is 5.18. The summed E-state index contributed by atoms with van der Waals surface area (Å²) in [5, 5.41) is 0. The number of benzene rings is 1. The number of ether oxygens (including phenoxy) is 1. The molecule has 1 aromatic heterocycles. The maximum absolute atomic E-state index is 13.2. The first-order chi connectivity index (χ1) is 13.2. The number of fused-ring (bicyclic) bond motifs is 1. The molecule has 1 saturated heterocycles. The number of nitrogens with one attached hydrogen (secondary N) is 2. The van der Waals surface area contributed by atoms with E-state index in [9.17, 15) is 4.79 Å². The van der Waals surface area contributed by atoms with Crippen LogP contribution in [0.3, 0.4) is 0 Å². The van der Waals surface area contributed by atoms with Gasteiger partial charge in [-0.15, -0.1) is 0 Å². The monoisotopic (exact) mass is 368 g/mol. The molecule has 2 N–H and O–H groups in total. The van der Waals surface area contributed by atoms with E-state index in [0.29, 0.717) is 6.61 Å². The van der Waals surface area contributed by atoms with Crippen molar-refractivity contribution in [3.63, 3.8) is 0 Å². The van der Waals surface area contributed by atoms with Gasteiger partial charge < -0.3 is 14.2 Å². The summed E-state index contributed by atoms with van der Waals surface area (Å²) in [6.45, 7) is 6.43. The van der Waals surface area contributed by atoms with E-state index in [1.54, 1.807) is 0 Å². The first-order valence-corrected chi connectivity index (χ1v) is 9.90. The molecule has 0 aliphatic carbocycles. The number of nitrogens with zero attached hydrogens (tertiary/aromatic N) is 2. The van der Waals surface area contributed by atoms with Crippen LogP contribution in [-0.2, 0) is 11.3 Å². The molecule has 1 amide bonds. The van der Waals surface area contributed by atoms with Gasteiger partial charge in [0.05, 0.1) is 12.6 Å². The molecular formula is C21H28N4O2. The van der Waals surface area contributed by atoms with Crippen LogP contribution in [0.25, 0.3) is 0 Å². The molecule has 144 valence electrons. The smallest absolute Gasteiger partial charge is 0.241 e. The predicted molar refractivity (Wildman–Crippen MR) is 104 cm³/mol. The van der Waals surface area contributed by atoms with Crippen molar-refractivity contribution in [1.82, 2.24) is 20.3 Å². The van der Waals surface area contributed by atoms with Crippen LogP contribution in [0.4, 0.5) is 0 Å². The van der Waals surface area contributed by atoms with Crippen molar-refractivity contribution in [3.8, 4) is 5.75 Å². The molecule has 3 atom stereocenters. The van der Waals surface area contributed by atoms with Crippen LogP contribution >= 0.6 is 0 Å². The Morgan fingerprint density at radius 1 is 1.15 bits per heavy atom. The number of amides is 1. The van der Waals surface area contributed by atoms with Gasteiger partial charge in [-0.25, -0.2) is 10.9 Å². The zero-order chi connectivity index (χ0) is 18.8. The standard InChI is InChI=1S/C21H28N4O2/c1-3-19-20-6-5-11-24(20)12-13-25(19)21(26)18-14-17(22-23-18)15-7-9-16(10-8-15)27-4-2/h5-11,17-19,22-23H,3-4,12-14H2,1-2H3. The van der Waals surface area contributed by atoms with E-state index in [0.717, 1.165) is 31.7 Å². The van der Waals surface area contributed by atoms with Crippen LogP contribution < -0.4 is 15.6 Å². The second kappa shape index (κ2) is 7.74. The van der Waals surface area contributed by atoms with E-state index in [2.05, 4.69) is 57.7 Å². The van der Waals surface area contributed by atoms with Gasteiger partial charge in [-0.1, -0.05) is 19.1 Å². The molecule has 3 unspecified atom stereocenters. The van der Waals surface area contributed by atoms with E-state index >= 15 is 0 Å². The first kappa shape index (κ1) is 18.1. The summed E-state index contributed by atoms with van der Waals surface area (Å²) in [7, 11) is 0. The Bertz CT molecular complexity index is 786. The summed E-state index contributed by atoms with van der Waals surface area (Å²) in [5.74, 6) is 1.07. The highest BCUT2D eigenvalue weighted by molar-refractivity contribution is 5.82. The molecule has 2 aromatic rings. The van der Waals surface area contributed by atoms with Crippen LogP contribution in [-0.4, -0.2) is 34.6 Å². The van der Waals surface area contributed by atoms with E-state index in [-0.39, 0.29) is 24.0 Å². The molecule has 4 rings (SSSR count). The fourth-order valence-electron chi connectivity index (χ4n) is 4.26. The highest BCUT2D eigenvalue weighted by atomic mass is 16.5. The Morgan fingerprint density at radius 2 is 1.96 bits per heavy atom. The van der Waals surface area contributed by atoms with E-state index in [4.69, 9.17) is 4.74 Å². The van der Waals surface area contributed by atoms with Crippen LogP contribution in [0.1, 0.15) is 50.0 Å².